The molecule has 0 atom stereocenters. The van der Waals surface area contributed by atoms with Crippen molar-refractivity contribution in [1.82, 2.24) is 0 Å². The molecule has 0 radical (unpaired) electrons. The number of ketones is 1. The summed E-state index contributed by atoms with van der Waals surface area (Å²) in [6.07, 6.45) is 8.99. The third kappa shape index (κ3) is 3.06. The largest absolute Gasteiger partial charge is 0.316 e. The number of carbonyl (C=O) groups is 1. The van der Waals surface area contributed by atoms with Gasteiger partial charge in [-0.2, -0.15) is 0 Å². The second-order valence-electron chi connectivity index (χ2n) is 6.26. The minimum Gasteiger partial charge on any atom is -0.316 e. The molecule has 2 aromatic rings. The zero-order chi connectivity index (χ0) is 17.2. The van der Waals surface area contributed by atoms with Crippen LogP contribution in [0, 0.1) is 0 Å². The van der Waals surface area contributed by atoms with E-state index in [9.17, 15) is 4.79 Å². The number of Topliss-reactive ketones (excluding diaryl/α,β-unsaturated/α-hetero) is 1. The average molecular weight is 348 g/mol. The van der Waals surface area contributed by atoms with Gasteiger partial charge in [-0.05, 0) is 55.2 Å². The van der Waals surface area contributed by atoms with Crippen LogP contribution in [0.4, 0.5) is 5.69 Å². The van der Waals surface area contributed by atoms with Gasteiger partial charge in [-0.3, -0.25) is 4.79 Å². The monoisotopic (exact) mass is 347 g/mol. The highest BCUT2D eigenvalue weighted by atomic mass is 35.5. The van der Waals surface area contributed by atoms with Gasteiger partial charge in [-0.15, -0.1) is 0 Å². The number of allylic oxidation sites excluding steroid dienone is 4. The third-order valence-corrected chi connectivity index (χ3v) is 4.90. The molecule has 0 saturated heterocycles. The predicted octanol–water partition coefficient (Wildman–Crippen LogP) is 5.92. The van der Waals surface area contributed by atoms with E-state index in [-0.39, 0.29) is 5.78 Å². The maximum Gasteiger partial charge on any atom is 0.191 e. The second-order valence-corrected chi connectivity index (χ2v) is 6.69. The molecule has 2 aliphatic rings. The zero-order valence-electron chi connectivity index (χ0n) is 13.8. The number of hydrogen-bond donors (Lipinski definition) is 0. The SMILES string of the molecule is O=C(C1=C2C(=CC=CN2c2ccc(Cl)cc2)CCC1)c1ccccc1. The van der Waals surface area contributed by atoms with Crippen LogP contribution in [0.25, 0.3) is 0 Å². The highest BCUT2D eigenvalue weighted by molar-refractivity contribution is 6.30. The molecule has 2 aromatic carbocycles. The molecular weight excluding hydrogens is 330 g/mol. The van der Waals surface area contributed by atoms with Gasteiger partial charge in [0.15, 0.2) is 5.78 Å². The van der Waals surface area contributed by atoms with Crippen LogP contribution < -0.4 is 4.90 Å². The quantitative estimate of drug-likeness (QED) is 0.642. The maximum atomic E-state index is 13.1. The van der Waals surface area contributed by atoms with Crippen LogP contribution in [-0.2, 0) is 0 Å². The van der Waals surface area contributed by atoms with Gasteiger partial charge in [0.25, 0.3) is 0 Å². The molecule has 0 N–H and O–H groups in total. The predicted molar refractivity (Wildman–Crippen MR) is 103 cm³/mol. The molecular formula is C22H18ClNO. The lowest BCUT2D eigenvalue weighted by molar-refractivity contribution is 0.102. The van der Waals surface area contributed by atoms with E-state index in [1.54, 1.807) is 0 Å². The van der Waals surface area contributed by atoms with Gasteiger partial charge in [0.05, 0.1) is 5.70 Å². The van der Waals surface area contributed by atoms with E-state index >= 15 is 0 Å². The van der Waals surface area contributed by atoms with Gasteiger partial charge >= 0.3 is 0 Å². The molecule has 0 fully saturated rings. The van der Waals surface area contributed by atoms with Crippen LogP contribution in [-0.4, -0.2) is 5.78 Å². The first-order chi connectivity index (χ1) is 12.2. The number of carbonyl (C=O) groups excluding carboxylic acids is 1. The lowest BCUT2D eigenvalue weighted by Crippen LogP contribution is -2.26. The van der Waals surface area contributed by atoms with Gasteiger partial charge in [0.1, 0.15) is 0 Å². The molecule has 1 aliphatic heterocycles. The topological polar surface area (TPSA) is 20.3 Å². The summed E-state index contributed by atoms with van der Waals surface area (Å²) in [4.78, 5) is 15.2. The molecule has 0 saturated carbocycles. The number of nitrogens with zero attached hydrogens (tertiary/aromatic N) is 1. The van der Waals surface area contributed by atoms with Gasteiger partial charge < -0.3 is 4.90 Å². The minimum absolute atomic E-state index is 0.121. The van der Waals surface area contributed by atoms with Crippen molar-refractivity contribution in [1.29, 1.82) is 0 Å². The third-order valence-electron chi connectivity index (χ3n) is 4.65. The Labute approximate surface area is 152 Å². The van der Waals surface area contributed by atoms with E-state index < -0.39 is 0 Å². The Bertz CT molecular complexity index is 891. The first kappa shape index (κ1) is 15.9. The Morgan fingerprint density at radius 3 is 2.48 bits per heavy atom. The molecule has 25 heavy (non-hydrogen) atoms. The summed E-state index contributed by atoms with van der Waals surface area (Å²) in [7, 11) is 0. The van der Waals surface area contributed by atoms with E-state index in [1.807, 2.05) is 66.9 Å². The summed E-state index contributed by atoms with van der Waals surface area (Å²) >= 11 is 6.03. The summed E-state index contributed by atoms with van der Waals surface area (Å²) < 4.78 is 0. The van der Waals surface area contributed by atoms with Crippen molar-refractivity contribution < 1.29 is 4.79 Å². The van der Waals surface area contributed by atoms with Crippen molar-refractivity contribution in [3.63, 3.8) is 0 Å². The van der Waals surface area contributed by atoms with E-state index in [0.29, 0.717) is 5.02 Å². The molecule has 0 bridgehead atoms. The molecule has 2 nitrogen and oxygen atoms in total. The van der Waals surface area contributed by atoms with E-state index in [1.165, 1.54) is 5.57 Å². The van der Waals surface area contributed by atoms with Crippen molar-refractivity contribution in [2.24, 2.45) is 0 Å². The van der Waals surface area contributed by atoms with Crippen LogP contribution in [0.1, 0.15) is 29.6 Å². The number of rotatable bonds is 3. The van der Waals surface area contributed by atoms with Crippen LogP contribution in [0.15, 0.2) is 89.8 Å². The lowest BCUT2D eigenvalue weighted by atomic mass is 9.85. The second kappa shape index (κ2) is 6.73. The normalized spacial score (nSPS) is 16.5. The van der Waals surface area contributed by atoms with Crippen molar-refractivity contribution in [2.45, 2.75) is 19.3 Å². The Morgan fingerprint density at radius 1 is 0.960 bits per heavy atom. The fourth-order valence-corrected chi connectivity index (χ4v) is 3.60. The number of anilines is 1. The molecule has 0 spiro atoms. The first-order valence-corrected chi connectivity index (χ1v) is 8.87. The summed E-state index contributed by atoms with van der Waals surface area (Å²) in [5.74, 6) is 0.121. The Kier molecular flexibility index (Phi) is 4.29. The van der Waals surface area contributed by atoms with Gasteiger partial charge in [0.2, 0.25) is 0 Å². The molecule has 0 aromatic heterocycles. The van der Waals surface area contributed by atoms with Crippen molar-refractivity contribution in [2.75, 3.05) is 4.90 Å². The first-order valence-electron chi connectivity index (χ1n) is 8.49. The highest BCUT2D eigenvalue weighted by Crippen LogP contribution is 2.38. The average Bonchev–Trinajstić information content (AvgIpc) is 2.68. The van der Waals surface area contributed by atoms with Gasteiger partial charge in [-0.25, -0.2) is 0 Å². The Morgan fingerprint density at radius 2 is 1.72 bits per heavy atom. The van der Waals surface area contributed by atoms with Crippen LogP contribution in [0.5, 0.6) is 0 Å². The fraction of sp³-hybridized carbons (Fsp3) is 0.136. The number of benzene rings is 2. The maximum absolute atomic E-state index is 13.1. The van der Waals surface area contributed by atoms with E-state index in [0.717, 1.165) is 41.8 Å². The van der Waals surface area contributed by atoms with Crippen LogP contribution >= 0.6 is 11.6 Å². The molecule has 1 heterocycles. The number of fused-ring (bicyclic) bond motifs is 1. The number of hydrogen-bond acceptors (Lipinski definition) is 2. The molecule has 0 unspecified atom stereocenters. The number of halogens is 1. The van der Waals surface area contributed by atoms with Gasteiger partial charge in [-0.1, -0.05) is 48.0 Å². The van der Waals surface area contributed by atoms with Crippen molar-refractivity contribution in [3.8, 4) is 0 Å². The molecule has 1 aliphatic carbocycles. The van der Waals surface area contributed by atoms with E-state index in [4.69, 9.17) is 11.6 Å². The molecule has 3 heteroatoms. The van der Waals surface area contributed by atoms with E-state index in [2.05, 4.69) is 11.0 Å². The lowest BCUT2D eigenvalue weighted by Gasteiger charge is -2.33. The summed E-state index contributed by atoms with van der Waals surface area (Å²) in [6, 6.07) is 17.3. The molecule has 0 amide bonds. The van der Waals surface area contributed by atoms with Crippen molar-refractivity contribution in [3.05, 3.63) is 100 Å². The molecule has 124 valence electrons. The summed E-state index contributed by atoms with van der Waals surface area (Å²) in [5.41, 5.74) is 4.91. The van der Waals surface area contributed by atoms with Gasteiger partial charge in [0, 0.05) is 28.0 Å². The highest BCUT2D eigenvalue weighted by Gasteiger charge is 2.28. The van der Waals surface area contributed by atoms with Crippen LogP contribution in [0.3, 0.4) is 0 Å². The molecule has 4 rings (SSSR count). The standard InChI is InChI=1S/C22H18ClNO/c23-18-11-13-19(14-12-18)24-15-5-9-16-8-4-10-20(21(16)24)22(25)17-6-2-1-3-7-17/h1-3,5-7,9,11-15H,4,8,10H2. The van der Waals surface area contributed by atoms with Crippen molar-refractivity contribution >= 4 is 23.1 Å². The minimum atomic E-state index is 0.121. The Balaban J connectivity index is 1.82. The smallest absolute Gasteiger partial charge is 0.191 e. The fourth-order valence-electron chi connectivity index (χ4n) is 3.47. The van der Waals surface area contributed by atoms with Crippen LogP contribution in [0.2, 0.25) is 5.02 Å². The summed E-state index contributed by atoms with van der Waals surface area (Å²) in [5, 5.41) is 0.707. The Hall–Kier alpha value is -2.58. The zero-order valence-corrected chi connectivity index (χ0v) is 14.5. The summed E-state index contributed by atoms with van der Waals surface area (Å²) in [6.45, 7) is 0.